The van der Waals surface area contributed by atoms with Gasteiger partial charge < -0.3 is 0 Å². The van der Waals surface area contributed by atoms with Gasteiger partial charge in [-0.25, -0.2) is 0 Å². The Hall–Kier alpha value is -2.56. The largest absolute Gasteiger partial charge is 0.289 e. The molecule has 0 radical (unpaired) electrons. The van der Waals surface area contributed by atoms with E-state index in [0.717, 1.165) is 15.4 Å². The zero-order chi connectivity index (χ0) is 18.2. The third kappa shape index (κ3) is 4.97. The highest BCUT2D eigenvalue weighted by Crippen LogP contribution is 2.40. The van der Waals surface area contributed by atoms with Crippen LogP contribution in [0.4, 0.5) is 0 Å². The quantitative estimate of drug-likeness (QED) is 0.367. The van der Waals surface area contributed by atoms with Crippen LogP contribution < -0.4 is 0 Å². The zero-order valence-electron chi connectivity index (χ0n) is 13.9. The lowest BCUT2D eigenvalue weighted by Crippen LogP contribution is -2.10. The Kier molecular flexibility index (Phi) is 6.47. The number of allylic oxidation sites excluding steroid dienone is 3. The van der Waals surface area contributed by atoms with Crippen molar-refractivity contribution in [2.45, 2.75) is 0 Å². The fourth-order valence-corrected chi connectivity index (χ4v) is 4.17. The second-order valence-electron chi connectivity index (χ2n) is 5.39. The molecule has 26 heavy (non-hydrogen) atoms. The lowest BCUT2D eigenvalue weighted by atomic mass is 10.1. The summed E-state index contributed by atoms with van der Waals surface area (Å²) in [5.41, 5.74) is 2.05. The molecule has 0 unspecified atom stereocenters. The molecular weight excluding hydrogens is 360 g/mol. The van der Waals surface area contributed by atoms with Gasteiger partial charge in [-0.1, -0.05) is 96.3 Å². The van der Waals surface area contributed by atoms with Gasteiger partial charge in [0.1, 0.15) is 0 Å². The first-order chi connectivity index (χ1) is 12.7. The molecule has 0 saturated carbocycles. The van der Waals surface area contributed by atoms with E-state index in [1.807, 2.05) is 71.5 Å². The Balaban J connectivity index is 1.83. The van der Waals surface area contributed by atoms with Crippen molar-refractivity contribution in [3.63, 3.8) is 0 Å². The lowest BCUT2D eigenvalue weighted by Gasteiger charge is -2.04. The number of rotatable bonds is 6. The summed E-state index contributed by atoms with van der Waals surface area (Å²) < 4.78 is 0.718. The topological polar surface area (TPSA) is 34.1 Å². The smallest absolute Gasteiger partial charge is 0.191 e. The Morgan fingerprint density at radius 3 is 1.50 bits per heavy atom. The van der Waals surface area contributed by atoms with Crippen LogP contribution in [0.1, 0.15) is 11.1 Å². The highest BCUT2D eigenvalue weighted by Gasteiger charge is 2.21. The van der Waals surface area contributed by atoms with Crippen molar-refractivity contribution in [1.29, 1.82) is 0 Å². The van der Waals surface area contributed by atoms with Gasteiger partial charge in [-0.3, -0.25) is 9.59 Å². The summed E-state index contributed by atoms with van der Waals surface area (Å²) in [6.45, 7) is 0. The van der Waals surface area contributed by atoms with E-state index in [1.165, 1.54) is 35.7 Å². The van der Waals surface area contributed by atoms with Crippen molar-refractivity contribution in [2.24, 2.45) is 0 Å². The molecule has 0 spiro atoms. The Labute approximate surface area is 161 Å². The number of ketones is 2. The molecule has 0 amide bonds. The van der Waals surface area contributed by atoms with Crippen LogP contribution in [0.2, 0.25) is 0 Å². The molecule has 128 valence electrons. The van der Waals surface area contributed by atoms with Gasteiger partial charge in [0.25, 0.3) is 0 Å². The van der Waals surface area contributed by atoms with Crippen molar-refractivity contribution in [3.05, 3.63) is 105 Å². The molecule has 1 aliphatic rings. The SMILES string of the molecule is O=C(C=Cc1ccccc1)C(C(=O)C=Cc1ccccc1)=C1SC=CS1. The summed E-state index contributed by atoms with van der Waals surface area (Å²) in [5, 5.41) is 3.75. The zero-order valence-corrected chi connectivity index (χ0v) is 15.5. The van der Waals surface area contributed by atoms with E-state index < -0.39 is 0 Å². The maximum absolute atomic E-state index is 12.7. The third-order valence-electron chi connectivity index (χ3n) is 3.56. The van der Waals surface area contributed by atoms with Gasteiger partial charge in [0, 0.05) is 0 Å². The summed E-state index contributed by atoms with van der Waals surface area (Å²) in [4.78, 5) is 25.4. The van der Waals surface area contributed by atoms with Gasteiger partial charge in [0.2, 0.25) is 0 Å². The predicted molar refractivity (Wildman–Crippen MR) is 112 cm³/mol. The molecule has 0 atom stereocenters. The molecule has 1 heterocycles. The molecule has 0 N–H and O–H groups in total. The van der Waals surface area contributed by atoms with Gasteiger partial charge in [-0.05, 0) is 34.1 Å². The van der Waals surface area contributed by atoms with Gasteiger partial charge in [-0.15, -0.1) is 0 Å². The maximum Gasteiger partial charge on any atom is 0.191 e. The van der Waals surface area contributed by atoms with E-state index in [0.29, 0.717) is 0 Å². The van der Waals surface area contributed by atoms with Crippen LogP contribution in [0.15, 0.2) is 93.4 Å². The molecule has 3 rings (SSSR count). The number of carbonyl (C=O) groups is 2. The van der Waals surface area contributed by atoms with Crippen LogP contribution >= 0.6 is 23.5 Å². The van der Waals surface area contributed by atoms with Crippen LogP contribution in [0, 0.1) is 0 Å². The molecular formula is C22H16O2S2. The number of hydrogen-bond acceptors (Lipinski definition) is 4. The molecule has 2 aromatic carbocycles. The second-order valence-corrected chi connectivity index (χ2v) is 7.48. The van der Waals surface area contributed by atoms with Crippen LogP contribution in [-0.2, 0) is 9.59 Å². The molecule has 0 aromatic heterocycles. The highest BCUT2D eigenvalue weighted by molar-refractivity contribution is 8.27. The van der Waals surface area contributed by atoms with Crippen LogP contribution in [-0.4, -0.2) is 11.6 Å². The van der Waals surface area contributed by atoms with Crippen molar-refractivity contribution >= 4 is 47.2 Å². The van der Waals surface area contributed by atoms with Crippen molar-refractivity contribution in [2.75, 3.05) is 0 Å². The van der Waals surface area contributed by atoms with E-state index in [-0.39, 0.29) is 17.1 Å². The molecule has 4 heteroatoms. The summed E-state index contributed by atoms with van der Waals surface area (Å²) in [6, 6.07) is 19.1. The summed E-state index contributed by atoms with van der Waals surface area (Å²) in [7, 11) is 0. The first-order valence-corrected chi connectivity index (χ1v) is 9.77. The Bertz CT molecular complexity index is 834. The van der Waals surface area contributed by atoms with Crippen molar-refractivity contribution < 1.29 is 9.59 Å². The van der Waals surface area contributed by atoms with Crippen molar-refractivity contribution in [1.82, 2.24) is 0 Å². The third-order valence-corrected chi connectivity index (χ3v) is 5.69. The minimum absolute atomic E-state index is 0.212. The average Bonchev–Trinajstić information content (AvgIpc) is 3.21. The van der Waals surface area contributed by atoms with Crippen LogP contribution in [0.25, 0.3) is 12.2 Å². The first-order valence-electron chi connectivity index (χ1n) is 8.01. The molecule has 0 aliphatic carbocycles. The maximum atomic E-state index is 12.7. The van der Waals surface area contributed by atoms with E-state index in [1.54, 1.807) is 12.2 Å². The monoisotopic (exact) mass is 376 g/mol. The number of hydrogen-bond donors (Lipinski definition) is 0. The molecule has 0 bridgehead atoms. The average molecular weight is 377 g/mol. The molecule has 1 aliphatic heterocycles. The van der Waals surface area contributed by atoms with Crippen molar-refractivity contribution in [3.8, 4) is 0 Å². The highest BCUT2D eigenvalue weighted by atomic mass is 32.2. The summed E-state index contributed by atoms with van der Waals surface area (Å²) >= 11 is 2.81. The predicted octanol–water partition coefficient (Wildman–Crippen LogP) is 5.71. The van der Waals surface area contributed by atoms with E-state index in [2.05, 4.69) is 0 Å². The van der Waals surface area contributed by atoms with E-state index in [4.69, 9.17) is 0 Å². The Morgan fingerprint density at radius 1 is 0.654 bits per heavy atom. The minimum Gasteiger partial charge on any atom is -0.289 e. The summed E-state index contributed by atoms with van der Waals surface area (Å²) in [6.07, 6.45) is 6.39. The Morgan fingerprint density at radius 2 is 1.08 bits per heavy atom. The molecule has 0 saturated heterocycles. The lowest BCUT2D eigenvalue weighted by molar-refractivity contribution is -0.116. The number of thioether (sulfide) groups is 2. The van der Waals surface area contributed by atoms with E-state index >= 15 is 0 Å². The second kappa shape index (κ2) is 9.22. The van der Waals surface area contributed by atoms with Gasteiger partial charge in [-0.2, -0.15) is 0 Å². The fourth-order valence-electron chi connectivity index (χ4n) is 2.29. The van der Waals surface area contributed by atoms with Crippen LogP contribution in [0.3, 0.4) is 0 Å². The molecule has 2 aromatic rings. The van der Waals surface area contributed by atoms with Gasteiger partial charge in [0.15, 0.2) is 11.6 Å². The van der Waals surface area contributed by atoms with Crippen LogP contribution in [0.5, 0.6) is 0 Å². The molecule has 0 fully saturated rings. The van der Waals surface area contributed by atoms with Gasteiger partial charge >= 0.3 is 0 Å². The summed E-state index contributed by atoms with van der Waals surface area (Å²) in [5.74, 6) is -0.564. The normalized spacial score (nSPS) is 13.6. The standard InChI is InChI=1S/C22H16O2S2/c23-19(13-11-17-7-3-1-4-8-17)21(22-25-15-16-26-22)20(24)14-12-18-9-5-2-6-10-18/h1-16H. The molecule has 2 nitrogen and oxygen atoms in total. The first kappa shape index (κ1) is 18.2. The number of benzene rings is 2. The fraction of sp³-hybridized carbons (Fsp3) is 0. The number of carbonyl (C=O) groups excluding carboxylic acids is 2. The van der Waals surface area contributed by atoms with E-state index in [9.17, 15) is 9.59 Å². The minimum atomic E-state index is -0.282. The van der Waals surface area contributed by atoms with Gasteiger partial charge in [0.05, 0.1) is 9.81 Å².